The van der Waals surface area contributed by atoms with Crippen molar-refractivity contribution in [1.82, 2.24) is 15.2 Å². The van der Waals surface area contributed by atoms with Gasteiger partial charge in [-0.2, -0.15) is 5.10 Å². The van der Waals surface area contributed by atoms with Crippen LogP contribution in [0.4, 0.5) is 14.5 Å². The molecule has 0 saturated heterocycles. The highest BCUT2D eigenvalue weighted by molar-refractivity contribution is 5.92. The summed E-state index contributed by atoms with van der Waals surface area (Å²) in [5.74, 6) is -1.59. The first-order chi connectivity index (χ1) is 10.1. The van der Waals surface area contributed by atoms with Gasteiger partial charge < -0.3 is 10.5 Å². The molecule has 2 heterocycles. The van der Waals surface area contributed by atoms with Crippen molar-refractivity contribution in [2.24, 2.45) is 0 Å². The number of benzene rings is 1. The van der Waals surface area contributed by atoms with Crippen molar-refractivity contribution in [3.8, 4) is 17.3 Å². The summed E-state index contributed by atoms with van der Waals surface area (Å²) in [6.07, 6.45) is 0. The Balaban J connectivity index is 2.16. The number of halogens is 2. The molecule has 0 bridgehead atoms. The molecule has 0 aliphatic heterocycles. The van der Waals surface area contributed by atoms with Gasteiger partial charge in [0.25, 0.3) is 0 Å². The SMILES string of the molecule is CCOc1nc(-c2n[nH]c3cc(F)c(F)cc23)ccc1N. The van der Waals surface area contributed by atoms with Crippen molar-refractivity contribution in [3.05, 3.63) is 35.9 Å². The summed E-state index contributed by atoms with van der Waals surface area (Å²) >= 11 is 0. The number of H-pyrrole nitrogens is 1. The van der Waals surface area contributed by atoms with Gasteiger partial charge in [0.15, 0.2) is 11.6 Å². The molecule has 0 radical (unpaired) electrons. The molecular weight excluding hydrogens is 278 g/mol. The molecule has 0 fully saturated rings. The molecule has 2 aromatic heterocycles. The van der Waals surface area contributed by atoms with Gasteiger partial charge >= 0.3 is 0 Å². The summed E-state index contributed by atoms with van der Waals surface area (Å²) in [5, 5.41) is 7.15. The van der Waals surface area contributed by atoms with E-state index in [0.717, 1.165) is 12.1 Å². The van der Waals surface area contributed by atoms with E-state index in [1.54, 1.807) is 12.1 Å². The van der Waals surface area contributed by atoms with Crippen LogP contribution < -0.4 is 10.5 Å². The number of nitrogens with zero attached hydrogens (tertiary/aromatic N) is 2. The minimum atomic E-state index is -0.939. The number of hydrogen-bond acceptors (Lipinski definition) is 4. The van der Waals surface area contributed by atoms with E-state index in [2.05, 4.69) is 15.2 Å². The van der Waals surface area contributed by atoms with E-state index in [9.17, 15) is 8.78 Å². The molecule has 21 heavy (non-hydrogen) atoms. The van der Waals surface area contributed by atoms with Crippen LogP contribution >= 0.6 is 0 Å². The van der Waals surface area contributed by atoms with Crippen LogP contribution in [0.5, 0.6) is 5.88 Å². The van der Waals surface area contributed by atoms with Crippen LogP contribution in [0.3, 0.4) is 0 Å². The molecule has 7 heteroatoms. The summed E-state index contributed by atoms with van der Waals surface area (Å²) in [6, 6.07) is 5.42. The number of anilines is 1. The molecule has 3 rings (SSSR count). The molecular formula is C14H12F2N4O. The molecule has 108 valence electrons. The van der Waals surface area contributed by atoms with Crippen LogP contribution in [-0.2, 0) is 0 Å². The number of aromatic nitrogens is 3. The average Bonchev–Trinajstić information content (AvgIpc) is 2.85. The van der Waals surface area contributed by atoms with Crippen molar-refractivity contribution >= 4 is 16.6 Å². The number of hydrogen-bond donors (Lipinski definition) is 2. The molecule has 0 amide bonds. The molecule has 0 saturated carbocycles. The maximum atomic E-state index is 13.4. The fourth-order valence-corrected chi connectivity index (χ4v) is 2.04. The first-order valence-corrected chi connectivity index (χ1v) is 6.33. The van der Waals surface area contributed by atoms with Gasteiger partial charge in [-0.1, -0.05) is 0 Å². The van der Waals surface area contributed by atoms with Gasteiger partial charge in [-0.05, 0) is 25.1 Å². The van der Waals surface area contributed by atoms with Gasteiger partial charge in [-0.3, -0.25) is 5.10 Å². The Morgan fingerprint density at radius 2 is 2.00 bits per heavy atom. The topological polar surface area (TPSA) is 76.8 Å². The summed E-state index contributed by atoms with van der Waals surface area (Å²) in [5.41, 5.74) is 7.42. The van der Waals surface area contributed by atoms with Gasteiger partial charge in [-0.25, -0.2) is 13.8 Å². The third-order valence-corrected chi connectivity index (χ3v) is 3.02. The van der Waals surface area contributed by atoms with Crippen LogP contribution in [0.1, 0.15) is 6.92 Å². The predicted octanol–water partition coefficient (Wildman–Crippen LogP) is 2.88. The van der Waals surface area contributed by atoms with E-state index >= 15 is 0 Å². The lowest BCUT2D eigenvalue weighted by atomic mass is 10.1. The van der Waals surface area contributed by atoms with Crippen LogP contribution in [0, 0.1) is 11.6 Å². The Labute approximate surface area is 118 Å². The van der Waals surface area contributed by atoms with Crippen LogP contribution in [0.15, 0.2) is 24.3 Å². The number of rotatable bonds is 3. The van der Waals surface area contributed by atoms with E-state index in [-0.39, 0.29) is 5.88 Å². The number of nitrogens with two attached hydrogens (primary N) is 1. The Morgan fingerprint density at radius 1 is 1.24 bits per heavy atom. The number of pyridine rings is 1. The molecule has 0 aliphatic rings. The first-order valence-electron chi connectivity index (χ1n) is 6.33. The minimum absolute atomic E-state index is 0.286. The largest absolute Gasteiger partial charge is 0.476 e. The highest BCUT2D eigenvalue weighted by Crippen LogP contribution is 2.29. The van der Waals surface area contributed by atoms with E-state index in [4.69, 9.17) is 10.5 Å². The average molecular weight is 290 g/mol. The monoisotopic (exact) mass is 290 g/mol. The highest BCUT2D eigenvalue weighted by atomic mass is 19.2. The van der Waals surface area contributed by atoms with Crippen molar-refractivity contribution in [3.63, 3.8) is 0 Å². The van der Waals surface area contributed by atoms with Gasteiger partial charge in [0, 0.05) is 11.5 Å². The fraction of sp³-hybridized carbons (Fsp3) is 0.143. The summed E-state index contributed by atoms with van der Waals surface area (Å²) in [4.78, 5) is 4.26. The molecule has 3 N–H and O–H groups in total. The fourth-order valence-electron chi connectivity index (χ4n) is 2.04. The summed E-state index contributed by atoms with van der Waals surface area (Å²) in [6.45, 7) is 2.23. The maximum absolute atomic E-state index is 13.4. The second-order valence-electron chi connectivity index (χ2n) is 4.41. The number of ether oxygens (including phenoxy) is 1. The van der Waals surface area contributed by atoms with Gasteiger partial charge in [0.05, 0.1) is 23.5 Å². The lowest BCUT2D eigenvalue weighted by Gasteiger charge is -2.07. The van der Waals surface area contributed by atoms with Crippen LogP contribution in [0.25, 0.3) is 22.3 Å². The molecule has 0 atom stereocenters. The van der Waals surface area contributed by atoms with Crippen LogP contribution in [0.2, 0.25) is 0 Å². The molecule has 5 nitrogen and oxygen atoms in total. The summed E-state index contributed by atoms with van der Waals surface area (Å²) in [7, 11) is 0. The first kappa shape index (κ1) is 13.3. The van der Waals surface area contributed by atoms with Crippen LogP contribution in [-0.4, -0.2) is 21.8 Å². The lowest BCUT2D eigenvalue weighted by Crippen LogP contribution is -2.00. The molecule has 0 unspecified atom stereocenters. The van der Waals surface area contributed by atoms with E-state index < -0.39 is 11.6 Å². The van der Waals surface area contributed by atoms with Gasteiger partial charge in [0.2, 0.25) is 5.88 Å². The molecule has 3 aromatic rings. The predicted molar refractivity (Wildman–Crippen MR) is 74.8 cm³/mol. The quantitative estimate of drug-likeness (QED) is 0.777. The Kier molecular flexibility index (Phi) is 3.17. The zero-order chi connectivity index (χ0) is 15.0. The number of fused-ring (bicyclic) bond motifs is 1. The minimum Gasteiger partial charge on any atom is -0.476 e. The normalized spacial score (nSPS) is 11.0. The van der Waals surface area contributed by atoms with Gasteiger partial charge in [-0.15, -0.1) is 0 Å². The van der Waals surface area contributed by atoms with Crippen molar-refractivity contribution in [2.75, 3.05) is 12.3 Å². The smallest absolute Gasteiger partial charge is 0.237 e. The Hall–Kier alpha value is -2.70. The summed E-state index contributed by atoms with van der Waals surface area (Å²) < 4.78 is 31.9. The standard InChI is InChI=1S/C14H12F2N4O/c1-2-21-14-10(17)3-4-11(18-14)13-7-5-8(15)9(16)6-12(7)19-20-13/h3-6H,2,17H2,1H3,(H,19,20). The maximum Gasteiger partial charge on any atom is 0.237 e. The third kappa shape index (κ3) is 2.26. The lowest BCUT2D eigenvalue weighted by molar-refractivity contribution is 0.329. The highest BCUT2D eigenvalue weighted by Gasteiger charge is 2.14. The third-order valence-electron chi connectivity index (χ3n) is 3.02. The second-order valence-corrected chi connectivity index (χ2v) is 4.41. The Morgan fingerprint density at radius 3 is 2.76 bits per heavy atom. The molecule has 0 spiro atoms. The van der Waals surface area contributed by atoms with Crippen molar-refractivity contribution in [1.29, 1.82) is 0 Å². The van der Waals surface area contributed by atoms with E-state index in [1.807, 2.05) is 6.92 Å². The number of nitrogen functional groups attached to an aromatic ring is 1. The number of aromatic amines is 1. The van der Waals surface area contributed by atoms with Crippen molar-refractivity contribution < 1.29 is 13.5 Å². The van der Waals surface area contributed by atoms with E-state index in [0.29, 0.717) is 34.6 Å². The Bertz CT molecular complexity index is 816. The zero-order valence-electron chi connectivity index (χ0n) is 11.2. The van der Waals surface area contributed by atoms with Gasteiger partial charge in [0.1, 0.15) is 5.69 Å². The van der Waals surface area contributed by atoms with Crippen molar-refractivity contribution in [2.45, 2.75) is 6.92 Å². The van der Waals surface area contributed by atoms with E-state index in [1.165, 1.54) is 0 Å². The molecule has 1 aromatic carbocycles. The second kappa shape index (κ2) is 5.01. The zero-order valence-corrected chi connectivity index (χ0v) is 11.2. The number of nitrogens with one attached hydrogen (secondary N) is 1. The molecule has 0 aliphatic carbocycles.